The van der Waals surface area contributed by atoms with Gasteiger partial charge in [0.15, 0.2) is 11.6 Å². The van der Waals surface area contributed by atoms with Gasteiger partial charge >= 0.3 is 0 Å². The number of sulfonamides is 1. The van der Waals surface area contributed by atoms with Gasteiger partial charge in [-0.3, -0.25) is 0 Å². The number of halogens is 2. The summed E-state index contributed by atoms with van der Waals surface area (Å²) in [5.41, 5.74) is 0.546. The highest BCUT2D eigenvalue weighted by atomic mass is 32.2. The van der Waals surface area contributed by atoms with Gasteiger partial charge in [-0.25, -0.2) is 21.9 Å². The molecule has 1 N–H and O–H groups in total. The molecule has 0 spiro atoms. The van der Waals surface area contributed by atoms with Crippen molar-refractivity contribution in [2.45, 2.75) is 6.42 Å². The van der Waals surface area contributed by atoms with Gasteiger partial charge in [-0.05, 0) is 24.1 Å². The Labute approximate surface area is 87.2 Å². The van der Waals surface area contributed by atoms with E-state index >= 15 is 0 Å². The maximum atomic E-state index is 12.7. The quantitative estimate of drug-likeness (QED) is 0.848. The maximum Gasteiger partial charge on any atom is 0.208 e. The standard InChI is InChI=1S/C9H11F2NO2S/c1-15(13,14)12-5-4-7-2-3-8(10)9(11)6-7/h2-3,6,12H,4-5H2,1H3. The molecule has 0 aliphatic heterocycles. The summed E-state index contributed by atoms with van der Waals surface area (Å²) >= 11 is 0. The second kappa shape index (κ2) is 4.67. The molecule has 3 nitrogen and oxygen atoms in total. The summed E-state index contributed by atoms with van der Waals surface area (Å²) in [6.07, 6.45) is 1.36. The molecule has 0 heterocycles. The smallest absolute Gasteiger partial charge is 0.208 e. The van der Waals surface area contributed by atoms with Crippen LogP contribution >= 0.6 is 0 Å². The molecule has 0 aromatic heterocycles. The van der Waals surface area contributed by atoms with Crippen molar-refractivity contribution in [3.05, 3.63) is 35.4 Å². The van der Waals surface area contributed by atoms with Crippen molar-refractivity contribution in [2.75, 3.05) is 12.8 Å². The van der Waals surface area contributed by atoms with Crippen molar-refractivity contribution >= 4 is 10.0 Å². The van der Waals surface area contributed by atoms with Crippen molar-refractivity contribution in [3.8, 4) is 0 Å². The van der Waals surface area contributed by atoms with Gasteiger partial charge in [0.25, 0.3) is 0 Å². The average Bonchev–Trinajstić information content (AvgIpc) is 2.09. The minimum atomic E-state index is -3.23. The molecule has 0 saturated carbocycles. The lowest BCUT2D eigenvalue weighted by atomic mass is 10.1. The third-order valence-electron chi connectivity index (χ3n) is 1.76. The zero-order valence-electron chi connectivity index (χ0n) is 8.13. The Morgan fingerprint density at radius 3 is 2.47 bits per heavy atom. The van der Waals surface area contributed by atoms with Gasteiger partial charge < -0.3 is 0 Å². The minimum Gasteiger partial charge on any atom is -0.215 e. The monoisotopic (exact) mass is 235 g/mol. The first kappa shape index (κ1) is 12.1. The van der Waals surface area contributed by atoms with E-state index in [1.165, 1.54) is 6.07 Å². The summed E-state index contributed by atoms with van der Waals surface area (Å²) in [6, 6.07) is 3.49. The molecule has 0 amide bonds. The summed E-state index contributed by atoms with van der Waals surface area (Å²) in [4.78, 5) is 0. The van der Waals surface area contributed by atoms with E-state index in [2.05, 4.69) is 4.72 Å². The molecule has 0 radical (unpaired) electrons. The highest BCUT2D eigenvalue weighted by molar-refractivity contribution is 7.88. The molecular formula is C9H11F2NO2S. The van der Waals surface area contributed by atoms with Crippen molar-refractivity contribution in [3.63, 3.8) is 0 Å². The van der Waals surface area contributed by atoms with E-state index in [0.717, 1.165) is 18.4 Å². The summed E-state index contributed by atoms with van der Waals surface area (Å²) in [5.74, 6) is -1.83. The fourth-order valence-corrected chi connectivity index (χ4v) is 1.55. The Hall–Kier alpha value is -1.01. The van der Waals surface area contributed by atoms with E-state index in [-0.39, 0.29) is 6.54 Å². The molecule has 0 bridgehead atoms. The molecule has 6 heteroatoms. The summed E-state index contributed by atoms with van der Waals surface area (Å²) in [5, 5.41) is 0. The van der Waals surface area contributed by atoms with Crippen LogP contribution in [-0.4, -0.2) is 21.2 Å². The lowest BCUT2D eigenvalue weighted by Crippen LogP contribution is -2.24. The van der Waals surface area contributed by atoms with E-state index in [1.54, 1.807) is 0 Å². The second-order valence-electron chi connectivity index (χ2n) is 3.16. The van der Waals surface area contributed by atoms with Crippen LogP contribution in [0.25, 0.3) is 0 Å². The Morgan fingerprint density at radius 1 is 1.27 bits per heavy atom. The van der Waals surface area contributed by atoms with Gasteiger partial charge in [0.1, 0.15) is 0 Å². The normalized spacial score (nSPS) is 11.7. The molecule has 0 aliphatic rings. The van der Waals surface area contributed by atoms with Crippen molar-refractivity contribution in [2.24, 2.45) is 0 Å². The number of hydrogen-bond donors (Lipinski definition) is 1. The molecular weight excluding hydrogens is 224 g/mol. The van der Waals surface area contributed by atoms with Crippen molar-refractivity contribution in [1.29, 1.82) is 0 Å². The highest BCUT2D eigenvalue weighted by Gasteiger charge is 2.04. The third kappa shape index (κ3) is 4.35. The van der Waals surface area contributed by atoms with Crippen LogP contribution in [0.4, 0.5) is 8.78 Å². The van der Waals surface area contributed by atoms with Gasteiger partial charge in [0, 0.05) is 6.54 Å². The van der Waals surface area contributed by atoms with E-state index in [0.29, 0.717) is 12.0 Å². The summed E-state index contributed by atoms with van der Waals surface area (Å²) in [6.45, 7) is 0.171. The van der Waals surface area contributed by atoms with Crippen LogP contribution in [0.1, 0.15) is 5.56 Å². The van der Waals surface area contributed by atoms with Gasteiger partial charge in [-0.2, -0.15) is 0 Å². The van der Waals surface area contributed by atoms with Crippen LogP contribution in [-0.2, 0) is 16.4 Å². The number of hydrogen-bond acceptors (Lipinski definition) is 2. The molecule has 15 heavy (non-hydrogen) atoms. The first-order valence-corrected chi connectivity index (χ1v) is 6.16. The molecule has 1 aromatic carbocycles. The molecule has 0 aliphatic carbocycles. The maximum absolute atomic E-state index is 12.7. The molecule has 0 unspecified atom stereocenters. The Morgan fingerprint density at radius 2 is 1.93 bits per heavy atom. The minimum absolute atomic E-state index is 0.171. The van der Waals surface area contributed by atoms with E-state index < -0.39 is 21.7 Å². The second-order valence-corrected chi connectivity index (χ2v) is 5.00. The zero-order valence-corrected chi connectivity index (χ0v) is 8.94. The third-order valence-corrected chi connectivity index (χ3v) is 2.49. The van der Waals surface area contributed by atoms with Gasteiger partial charge in [-0.15, -0.1) is 0 Å². The number of nitrogens with one attached hydrogen (secondary N) is 1. The molecule has 84 valence electrons. The molecule has 0 atom stereocenters. The lowest BCUT2D eigenvalue weighted by Gasteiger charge is -2.03. The number of rotatable bonds is 4. The van der Waals surface area contributed by atoms with Crippen molar-refractivity contribution < 1.29 is 17.2 Å². The molecule has 0 saturated heterocycles. The molecule has 0 fully saturated rings. The predicted molar refractivity (Wildman–Crippen MR) is 52.9 cm³/mol. The molecule has 1 aromatic rings. The molecule has 1 rings (SSSR count). The fraction of sp³-hybridized carbons (Fsp3) is 0.333. The lowest BCUT2D eigenvalue weighted by molar-refractivity contribution is 0.507. The SMILES string of the molecule is CS(=O)(=O)NCCc1ccc(F)c(F)c1. The highest BCUT2D eigenvalue weighted by Crippen LogP contribution is 2.08. The first-order chi connectivity index (χ1) is 6.88. The van der Waals surface area contributed by atoms with Gasteiger partial charge in [0.2, 0.25) is 10.0 Å². The van der Waals surface area contributed by atoms with Gasteiger partial charge in [-0.1, -0.05) is 6.07 Å². The van der Waals surface area contributed by atoms with E-state index in [9.17, 15) is 17.2 Å². The van der Waals surface area contributed by atoms with Crippen LogP contribution in [0.15, 0.2) is 18.2 Å². The average molecular weight is 235 g/mol. The van der Waals surface area contributed by atoms with Crippen LogP contribution in [0.5, 0.6) is 0 Å². The van der Waals surface area contributed by atoms with Crippen LogP contribution in [0, 0.1) is 11.6 Å². The fourth-order valence-electron chi connectivity index (χ4n) is 1.08. The Balaban J connectivity index is 2.55. The number of benzene rings is 1. The summed E-state index contributed by atoms with van der Waals surface area (Å²) < 4.78 is 48.9. The zero-order chi connectivity index (χ0) is 11.5. The van der Waals surface area contributed by atoms with Crippen LogP contribution in [0.3, 0.4) is 0 Å². The largest absolute Gasteiger partial charge is 0.215 e. The van der Waals surface area contributed by atoms with E-state index in [4.69, 9.17) is 0 Å². The van der Waals surface area contributed by atoms with Crippen LogP contribution < -0.4 is 4.72 Å². The predicted octanol–water partition coefficient (Wildman–Crippen LogP) is 1.06. The van der Waals surface area contributed by atoms with Gasteiger partial charge in [0.05, 0.1) is 6.26 Å². The summed E-state index contributed by atoms with van der Waals surface area (Å²) in [7, 11) is -3.23. The topological polar surface area (TPSA) is 46.2 Å². The first-order valence-electron chi connectivity index (χ1n) is 4.27. The Kier molecular flexibility index (Phi) is 3.76. The van der Waals surface area contributed by atoms with Crippen molar-refractivity contribution in [1.82, 2.24) is 4.72 Å². The Bertz CT molecular complexity index is 445. The van der Waals surface area contributed by atoms with Crippen LogP contribution in [0.2, 0.25) is 0 Å². The van der Waals surface area contributed by atoms with E-state index in [1.807, 2.05) is 0 Å².